The molecule has 15 atom stereocenters. The number of carboxylic acids is 1. The number of anilines is 2. The quantitative estimate of drug-likeness (QED) is 0.0596. The second-order valence-electron chi connectivity index (χ2n) is 35.5. The Bertz CT molecular complexity index is 4430. The summed E-state index contributed by atoms with van der Waals surface area (Å²) in [6.07, 6.45) is 41.3. The number of carbonyl (C=O) groups excluding carboxylic acids is 2. The fourth-order valence-electron chi connectivity index (χ4n) is 23.2. The standard InChI is InChI=1S/C30H42N4O4.C29H40N4O4.C23H30ClN3O.C7H13NO3.Na.H2O/c1-38-30(37)24-19-32(16-15-27(24)35)28-29(36)34(26-12-8-7-11-25(26)31-28)23-17-21-13-14-22(18-23)33(21)20-9-5-3-2-4-6-10-20;34-26-14-15-31(18-23(26)29(36)37)27-28(35)33(25-11-7-6-10-24(25)30-27)22-16-20-12-13-21(17-22)32(20)19-8-4-2-1-3-5-9-19;24-22-23(28)27(21-11-7-6-10-20(21)25-22)19-14-17-12-13-18(15-19)26(17)16-8-4-2-1-3-5-9-16;1-11-7(10)5-4-8-3-2-6(5)9;;/h7-8,11-12,20-24,27,35H,2-6,9-10,13-19H2,1H3;6-7,10-11,19-23,26,34H,1-5,8-9,12-18H2,(H,36,37);6-7,10-11,16-19H,1-5,8-9,12-15H2;5-6,8-9H,2-4H2,1H3;;1H2/q;;;;+1;/p-1/t21-,22+,23?,24?,27?;20-,21+,22?,23?,26?;17-,18+,19?;;;. The summed E-state index contributed by atoms with van der Waals surface area (Å²) in [5.74, 6) is -3.07. The van der Waals surface area contributed by atoms with Crippen LogP contribution in [0.2, 0.25) is 5.15 Å². The van der Waals surface area contributed by atoms with Crippen LogP contribution in [0.25, 0.3) is 33.1 Å². The minimum Gasteiger partial charge on any atom is -0.870 e. The molecule has 9 saturated heterocycles. The van der Waals surface area contributed by atoms with Crippen LogP contribution in [0.1, 0.15) is 249 Å². The third kappa shape index (κ3) is 19.3. The molecule has 0 spiro atoms. The van der Waals surface area contributed by atoms with Crippen molar-refractivity contribution in [3.05, 3.63) is 109 Å². The molecular weight excluding hydrogens is 1500 g/mol. The molecule has 3 aliphatic carbocycles. The van der Waals surface area contributed by atoms with Crippen molar-refractivity contribution in [2.24, 2.45) is 17.8 Å². The number of hydrogen-bond acceptors (Lipinski definition) is 21. The van der Waals surface area contributed by atoms with Crippen LogP contribution >= 0.6 is 11.6 Å². The molecule has 27 heteroatoms. The number of methoxy groups -OCH3 is 2. The third-order valence-electron chi connectivity index (χ3n) is 28.7. The number of fused-ring (bicyclic) bond motifs is 9. The molecule has 0 radical (unpaired) electrons. The number of rotatable bonds is 11. The number of aliphatic hydroxyl groups is 3. The van der Waals surface area contributed by atoms with Gasteiger partial charge < -0.3 is 64.2 Å². The molecule has 18 rings (SSSR count). The fourth-order valence-corrected chi connectivity index (χ4v) is 23.4. The fraction of sp³-hybridized carbons (Fsp3) is 0.697. The monoisotopic (exact) mass is 1630 g/mol. The maximum absolute atomic E-state index is 14.2. The van der Waals surface area contributed by atoms with Gasteiger partial charge in [0.05, 0.1) is 71.5 Å². The summed E-state index contributed by atoms with van der Waals surface area (Å²) in [7, 11) is 2.68. The van der Waals surface area contributed by atoms with E-state index >= 15 is 0 Å². The maximum atomic E-state index is 14.2. The van der Waals surface area contributed by atoms with Gasteiger partial charge in [0.25, 0.3) is 16.7 Å². The number of ether oxygens (including phenoxy) is 2. The van der Waals surface area contributed by atoms with Crippen LogP contribution in [-0.4, -0.2) is 213 Å². The summed E-state index contributed by atoms with van der Waals surface area (Å²) in [5.41, 5.74) is 4.77. The van der Waals surface area contributed by atoms with Crippen molar-refractivity contribution in [3.8, 4) is 0 Å². The minimum atomic E-state index is -1.03. The summed E-state index contributed by atoms with van der Waals surface area (Å²) in [6.45, 7) is 2.54. The number of carbonyl (C=O) groups is 3. The average molecular weight is 1630 g/mol. The number of nitrogens with one attached hydrogen (secondary N) is 1. The summed E-state index contributed by atoms with van der Waals surface area (Å²) in [5, 5.41) is 42.7. The number of piperidine rings is 6. The van der Waals surface area contributed by atoms with Crippen molar-refractivity contribution in [2.45, 2.75) is 322 Å². The van der Waals surface area contributed by atoms with Crippen LogP contribution in [0.3, 0.4) is 0 Å². The first-order valence-corrected chi connectivity index (χ1v) is 44.6. The van der Waals surface area contributed by atoms with E-state index < -0.39 is 42.1 Å². The van der Waals surface area contributed by atoms with Crippen molar-refractivity contribution in [3.63, 3.8) is 0 Å². The van der Waals surface area contributed by atoms with Gasteiger partial charge in [-0.25, -0.2) is 15.0 Å². The Hall–Kier alpha value is -5.94. The zero-order valence-electron chi connectivity index (χ0n) is 68.8. The largest absolute Gasteiger partial charge is 1.00 e. The van der Waals surface area contributed by atoms with E-state index in [0.29, 0.717) is 98.9 Å². The van der Waals surface area contributed by atoms with Crippen LogP contribution < -0.4 is 61.4 Å². The first-order valence-electron chi connectivity index (χ1n) is 44.2. The van der Waals surface area contributed by atoms with Gasteiger partial charge in [-0.1, -0.05) is 144 Å². The van der Waals surface area contributed by atoms with E-state index in [2.05, 4.69) is 29.7 Å². The Morgan fingerprint density at radius 1 is 0.397 bits per heavy atom. The molecule has 9 aliphatic heterocycles. The average Bonchev–Trinajstić information content (AvgIpc) is 1.38. The van der Waals surface area contributed by atoms with Gasteiger partial charge in [-0.3, -0.25) is 43.5 Å². The van der Waals surface area contributed by atoms with Gasteiger partial charge in [0.2, 0.25) is 0 Å². The van der Waals surface area contributed by atoms with E-state index in [1.165, 1.54) is 188 Å². The third-order valence-corrected chi connectivity index (χ3v) is 29.0. The zero-order valence-corrected chi connectivity index (χ0v) is 71.6. The van der Waals surface area contributed by atoms with Crippen molar-refractivity contribution >= 4 is 74.2 Å². The first-order chi connectivity index (χ1) is 55.5. The second-order valence-corrected chi connectivity index (χ2v) is 35.9. The molecule has 3 aromatic carbocycles. The predicted octanol–water partition coefficient (Wildman–Crippen LogP) is 9.27. The van der Waals surface area contributed by atoms with Crippen LogP contribution in [0.5, 0.6) is 0 Å². The van der Waals surface area contributed by atoms with Gasteiger partial charge in [-0.2, -0.15) is 0 Å². The van der Waals surface area contributed by atoms with Crippen molar-refractivity contribution < 1.29 is 79.3 Å². The minimum absolute atomic E-state index is 0. The molecular formula is C89H126ClN12NaO13. The number of esters is 2. The number of aliphatic carboxylic acids is 1. The Kier molecular flexibility index (Phi) is 30.8. The molecule has 6 N–H and O–H groups in total. The predicted molar refractivity (Wildman–Crippen MR) is 445 cm³/mol. The van der Waals surface area contributed by atoms with Gasteiger partial charge in [-0.15, -0.1) is 0 Å². The van der Waals surface area contributed by atoms with Gasteiger partial charge in [0, 0.05) is 105 Å². The molecule has 0 amide bonds. The van der Waals surface area contributed by atoms with Crippen LogP contribution in [0, 0.1) is 17.8 Å². The normalized spacial score (nSPS) is 30.5. The molecule has 3 aromatic heterocycles. The summed E-state index contributed by atoms with van der Waals surface area (Å²) in [4.78, 5) is 102. The molecule has 3 saturated carbocycles. The van der Waals surface area contributed by atoms with Crippen LogP contribution in [-0.2, 0) is 23.9 Å². The molecule has 9 unspecified atom stereocenters. The van der Waals surface area contributed by atoms with E-state index in [1.54, 1.807) is 4.90 Å². The maximum Gasteiger partial charge on any atom is 1.00 e. The Balaban J connectivity index is 0.000000142. The Labute approximate surface area is 709 Å². The van der Waals surface area contributed by atoms with E-state index in [0.717, 1.165) is 84.2 Å². The van der Waals surface area contributed by atoms with Gasteiger partial charge in [0.15, 0.2) is 16.8 Å². The Morgan fingerprint density at radius 3 is 1.06 bits per heavy atom. The van der Waals surface area contributed by atoms with Gasteiger partial charge in [-0.05, 0) is 178 Å². The summed E-state index contributed by atoms with van der Waals surface area (Å²) >= 11 is 6.23. The number of nitrogens with zero attached hydrogens (tertiary/aromatic N) is 11. The molecule has 12 fully saturated rings. The van der Waals surface area contributed by atoms with Gasteiger partial charge >= 0.3 is 47.5 Å². The van der Waals surface area contributed by atoms with Crippen molar-refractivity contribution in [1.82, 2.24) is 48.7 Å². The zero-order chi connectivity index (χ0) is 79.1. The smallest absolute Gasteiger partial charge is 0.870 e. The molecule has 12 heterocycles. The molecule has 12 aliphatic rings. The van der Waals surface area contributed by atoms with E-state index in [4.69, 9.17) is 26.3 Å². The number of aromatic nitrogens is 6. The summed E-state index contributed by atoms with van der Waals surface area (Å²) < 4.78 is 15.4. The van der Waals surface area contributed by atoms with Crippen LogP contribution in [0.15, 0.2) is 87.2 Å². The SMILES string of the molecule is COC(=O)C1CN(c2nc3ccccc3n(C3C[C@H]4CC[C@@H](C3)N4C3CCCCCCC3)c2=O)CCC1O.COC(=O)C1CNCCC1O.O=C(O)C1CN(c2nc3ccccc3n(C3C[C@H]4CC[C@@H](C3)N4C3CCCCCCC3)c2=O)CCC1O.O=c1c(Cl)nc2ccccc2n1C1C[C@H]2CC[C@@H](C1)N2C1CCCCCCC1.[Na+].[OH-]. The number of benzene rings is 3. The molecule has 25 nitrogen and oxygen atoms in total. The number of hydrogen-bond donors (Lipinski definition) is 5. The molecule has 6 aromatic rings. The Morgan fingerprint density at radius 2 is 0.707 bits per heavy atom. The number of carboxylic acid groups (broad SMARTS) is 1. The van der Waals surface area contributed by atoms with E-state index in [-0.39, 0.29) is 100.0 Å². The van der Waals surface area contributed by atoms with E-state index in [9.17, 15) is 49.2 Å². The van der Waals surface area contributed by atoms with Crippen molar-refractivity contribution in [2.75, 3.05) is 63.3 Å². The molecule has 6 bridgehead atoms. The molecule has 116 heavy (non-hydrogen) atoms. The first kappa shape index (κ1) is 87.9. The number of halogens is 1. The number of para-hydroxylation sites is 6. The van der Waals surface area contributed by atoms with Crippen LogP contribution in [0.4, 0.5) is 11.6 Å². The van der Waals surface area contributed by atoms with Crippen molar-refractivity contribution in [1.29, 1.82) is 0 Å². The molecule has 628 valence electrons. The van der Waals surface area contributed by atoms with Gasteiger partial charge in [0.1, 0.15) is 11.8 Å². The second kappa shape index (κ2) is 40.6. The van der Waals surface area contributed by atoms with E-state index in [1.807, 2.05) is 91.4 Å². The topological polar surface area (TPSA) is 313 Å². The number of aliphatic hydroxyl groups excluding tert-OH is 3. The summed E-state index contributed by atoms with van der Waals surface area (Å²) in [6, 6.07) is 29.7.